The Morgan fingerprint density at radius 2 is 2.14 bits per heavy atom. The van der Waals surface area contributed by atoms with E-state index >= 15 is 0 Å². The molecule has 22 heavy (non-hydrogen) atoms. The van der Waals surface area contributed by atoms with Crippen LogP contribution in [0.5, 0.6) is 11.5 Å². The van der Waals surface area contributed by atoms with Gasteiger partial charge in [-0.15, -0.1) is 0 Å². The fraction of sp³-hybridized carbons (Fsp3) is 0.562. The van der Waals surface area contributed by atoms with E-state index in [1.807, 2.05) is 21.6 Å². The largest absolute Gasteiger partial charge is 0.504 e. The van der Waals surface area contributed by atoms with E-state index in [2.05, 4.69) is 5.32 Å². The first kappa shape index (κ1) is 17.3. The highest BCUT2D eigenvalue weighted by Gasteiger charge is 2.15. The SMILES string of the molecule is O=C(CCCC[C@H]1CCSS1)NCCc1ccc(O)c(O)c1. The molecule has 1 aliphatic heterocycles. The molecule has 6 heteroatoms. The lowest BCUT2D eigenvalue weighted by atomic mass is 10.1. The first-order chi connectivity index (χ1) is 10.6. The van der Waals surface area contributed by atoms with E-state index in [9.17, 15) is 15.0 Å². The van der Waals surface area contributed by atoms with Gasteiger partial charge >= 0.3 is 0 Å². The lowest BCUT2D eigenvalue weighted by Gasteiger charge is -2.08. The van der Waals surface area contributed by atoms with Gasteiger partial charge in [0.2, 0.25) is 5.91 Å². The lowest BCUT2D eigenvalue weighted by molar-refractivity contribution is -0.121. The van der Waals surface area contributed by atoms with Crippen molar-refractivity contribution in [3.8, 4) is 11.5 Å². The van der Waals surface area contributed by atoms with E-state index in [0.29, 0.717) is 19.4 Å². The zero-order valence-corrected chi connectivity index (χ0v) is 14.2. The molecular formula is C16H23NO3S2. The van der Waals surface area contributed by atoms with Gasteiger partial charge in [0, 0.05) is 24.0 Å². The van der Waals surface area contributed by atoms with Crippen molar-refractivity contribution in [1.29, 1.82) is 0 Å². The number of carbonyl (C=O) groups excluding carboxylic acids is 1. The molecule has 1 heterocycles. The second kappa shape index (κ2) is 9.20. The van der Waals surface area contributed by atoms with Gasteiger partial charge in [0.05, 0.1) is 0 Å². The van der Waals surface area contributed by atoms with Gasteiger partial charge in [-0.3, -0.25) is 4.79 Å². The van der Waals surface area contributed by atoms with Crippen LogP contribution in [0.1, 0.15) is 37.7 Å². The van der Waals surface area contributed by atoms with Crippen LogP contribution in [0.2, 0.25) is 0 Å². The summed E-state index contributed by atoms with van der Waals surface area (Å²) in [4.78, 5) is 11.7. The van der Waals surface area contributed by atoms with Crippen LogP contribution in [0, 0.1) is 0 Å². The molecule has 0 bridgehead atoms. The summed E-state index contributed by atoms with van der Waals surface area (Å²) in [5.74, 6) is 1.12. The fourth-order valence-electron chi connectivity index (χ4n) is 2.38. The van der Waals surface area contributed by atoms with Gasteiger partial charge in [0.25, 0.3) is 0 Å². The molecule has 0 radical (unpaired) electrons. The molecule has 1 aromatic carbocycles. The number of benzene rings is 1. The fourth-order valence-corrected chi connectivity index (χ4v) is 5.41. The van der Waals surface area contributed by atoms with Gasteiger partial charge in [-0.2, -0.15) is 0 Å². The summed E-state index contributed by atoms with van der Waals surface area (Å²) in [6, 6.07) is 4.74. The van der Waals surface area contributed by atoms with Gasteiger partial charge in [-0.25, -0.2) is 0 Å². The van der Waals surface area contributed by atoms with Crippen LogP contribution < -0.4 is 5.32 Å². The highest BCUT2D eigenvalue weighted by Crippen LogP contribution is 2.39. The van der Waals surface area contributed by atoms with Crippen LogP contribution in [0.3, 0.4) is 0 Å². The Morgan fingerprint density at radius 1 is 1.27 bits per heavy atom. The molecule has 0 aliphatic carbocycles. The smallest absolute Gasteiger partial charge is 0.220 e. The molecule has 4 nitrogen and oxygen atoms in total. The average molecular weight is 341 g/mol. The molecular weight excluding hydrogens is 318 g/mol. The minimum atomic E-state index is -0.119. The number of carbonyl (C=O) groups is 1. The van der Waals surface area contributed by atoms with Gasteiger partial charge < -0.3 is 15.5 Å². The third-order valence-electron chi connectivity index (χ3n) is 3.68. The Hall–Kier alpha value is -1.01. The van der Waals surface area contributed by atoms with Crippen molar-refractivity contribution in [1.82, 2.24) is 5.32 Å². The zero-order chi connectivity index (χ0) is 15.8. The summed E-state index contributed by atoms with van der Waals surface area (Å²) in [5, 5.41) is 22.3. The third-order valence-corrected chi connectivity index (χ3v) is 6.69. The summed E-state index contributed by atoms with van der Waals surface area (Å²) in [5.41, 5.74) is 0.895. The van der Waals surface area contributed by atoms with E-state index in [-0.39, 0.29) is 17.4 Å². The summed E-state index contributed by atoms with van der Waals surface area (Å²) < 4.78 is 0. The van der Waals surface area contributed by atoms with Crippen molar-refractivity contribution in [2.24, 2.45) is 0 Å². The minimum absolute atomic E-state index is 0.0939. The molecule has 3 N–H and O–H groups in total. The molecule has 1 saturated heterocycles. The topological polar surface area (TPSA) is 69.6 Å². The predicted molar refractivity (Wildman–Crippen MR) is 93.4 cm³/mol. The number of amides is 1. The highest BCUT2D eigenvalue weighted by atomic mass is 33.1. The standard InChI is InChI=1S/C16H23NO3S2/c18-14-6-5-12(11-15(14)19)7-9-17-16(20)4-2-1-3-13-8-10-21-22-13/h5-6,11,13,18-19H,1-4,7-10H2,(H,17,20)/t13-/m0/s1. The van der Waals surface area contributed by atoms with Crippen molar-refractivity contribution in [3.63, 3.8) is 0 Å². The van der Waals surface area contributed by atoms with Gasteiger partial charge in [-0.05, 0) is 43.4 Å². The van der Waals surface area contributed by atoms with Crippen LogP contribution in [0.15, 0.2) is 18.2 Å². The molecule has 0 saturated carbocycles. The highest BCUT2D eigenvalue weighted by molar-refractivity contribution is 8.77. The molecule has 0 spiro atoms. The maximum absolute atomic E-state index is 11.7. The zero-order valence-electron chi connectivity index (χ0n) is 12.6. The average Bonchev–Trinajstić information content (AvgIpc) is 3.01. The molecule has 1 atom stereocenters. The summed E-state index contributed by atoms with van der Waals surface area (Å²) in [6.07, 6.45) is 5.84. The number of phenols is 2. The lowest BCUT2D eigenvalue weighted by Crippen LogP contribution is -2.25. The molecule has 0 unspecified atom stereocenters. The minimum Gasteiger partial charge on any atom is -0.504 e. The molecule has 1 fully saturated rings. The number of hydrogen-bond donors (Lipinski definition) is 3. The van der Waals surface area contributed by atoms with E-state index < -0.39 is 0 Å². The first-order valence-electron chi connectivity index (χ1n) is 7.71. The number of phenolic OH excluding ortho intramolecular Hbond substituents is 2. The van der Waals surface area contributed by atoms with Crippen LogP contribution in [0.4, 0.5) is 0 Å². The van der Waals surface area contributed by atoms with E-state index in [1.54, 1.807) is 6.07 Å². The molecule has 1 aromatic rings. The van der Waals surface area contributed by atoms with Gasteiger partial charge in [-0.1, -0.05) is 34.1 Å². The van der Waals surface area contributed by atoms with Crippen molar-refractivity contribution in [3.05, 3.63) is 23.8 Å². The van der Waals surface area contributed by atoms with Crippen LogP contribution in [0.25, 0.3) is 0 Å². The van der Waals surface area contributed by atoms with E-state index in [1.165, 1.54) is 30.7 Å². The van der Waals surface area contributed by atoms with Crippen molar-refractivity contribution in [2.75, 3.05) is 12.3 Å². The van der Waals surface area contributed by atoms with Crippen molar-refractivity contribution < 1.29 is 15.0 Å². The van der Waals surface area contributed by atoms with Gasteiger partial charge in [0.15, 0.2) is 11.5 Å². The second-order valence-corrected chi connectivity index (χ2v) is 8.29. The van der Waals surface area contributed by atoms with Crippen LogP contribution in [-0.4, -0.2) is 33.7 Å². The maximum atomic E-state index is 11.7. The van der Waals surface area contributed by atoms with E-state index in [0.717, 1.165) is 23.7 Å². The number of hydrogen-bond acceptors (Lipinski definition) is 5. The molecule has 122 valence electrons. The van der Waals surface area contributed by atoms with Crippen molar-refractivity contribution >= 4 is 27.5 Å². The Morgan fingerprint density at radius 3 is 2.86 bits per heavy atom. The second-order valence-electron chi connectivity index (χ2n) is 5.50. The molecule has 2 rings (SSSR count). The molecule has 0 aromatic heterocycles. The summed E-state index contributed by atoms with van der Waals surface area (Å²) in [6.45, 7) is 0.554. The molecule has 1 aliphatic rings. The monoisotopic (exact) mass is 341 g/mol. The molecule has 1 amide bonds. The van der Waals surface area contributed by atoms with Crippen molar-refractivity contribution in [2.45, 2.75) is 43.8 Å². The number of unbranched alkanes of at least 4 members (excludes halogenated alkanes) is 1. The Kier molecular flexibility index (Phi) is 7.25. The van der Waals surface area contributed by atoms with Crippen LogP contribution in [-0.2, 0) is 11.2 Å². The quantitative estimate of drug-likeness (QED) is 0.384. The Balaban J connectivity index is 1.54. The normalized spacial score (nSPS) is 17.5. The van der Waals surface area contributed by atoms with Gasteiger partial charge in [0.1, 0.15) is 0 Å². The van der Waals surface area contributed by atoms with Crippen LogP contribution >= 0.6 is 21.6 Å². The number of rotatable bonds is 8. The Bertz CT molecular complexity index is 490. The maximum Gasteiger partial charge on any atom is 0.220 e. The van der Waals surface area contributed by atoms with E-state index in [4.69, 9.17) is 0 Å². The predicted octanol–water partition coefficient (Wildman–Crippen LogP) is 3.47. The number of nitrogens with one attached hydrogen (secondary N) is 1. The summed E-state index contributed by atoms with van der Waals surface area (Å²) >= 11 is 0. The Labute approximate surface area is 139 Å². The number of aromatic hydroxyl groups is 2. The third kappa shape index (κ3) is 6.01. The first-order valence-corrected chi connectivity index (χ1v) is 10.1. The summed E-state index contributed by atoms with van der Waals surface area (Å²) in [7, 11) is 3.95.